The Bertz CT molecular complexity index is 574. The van der Waals surface area contributed by atoms with E-state index in [1.54, 1.807) is 43.3 Å². The van der Waals surface area contributed by atoms with Crippen molar-refractivity contribution in [1.29, 1.82) is 0 Å². The standard InChI is InChI=1S/C15H19N3O3/c1-11(18-6-4-5-16-18)7-15(19)17-12-8-13(20-2)10-14(9-12)21-3/h4-6,8-11H,7H2,1-3H3,(H,17,19)/t11-/m1/s1. The van der Waals surface area contributed by atoms with Crippen LogP contribution >= 0.6 is 0 Å². The molecular formula is C15H19N3O3. The summed E-state index contributed by atoms with van der Waals surface area (Å²) in [7, 11) is 3.14. The van der Waals surface area contributed by atoms with Crippen molar-refractivity contribution in [2.45, 2.75) is 19.4 Å². The molecule has 1 amide bonds. The highest BCUT2D eigenvalue weighted by molar-refractivity contribution is 5.91. The van der Waals surface area contributed by atoms with Gasteiger partial charge in [-0.2, -0.15) is 5.10 Å². The summed E-state index contributed by atoms with van der Waals surface area (Å²) in [5.41, 5.74) is 0.642. The fourth-order valence-electron chi connectivity index (χ4n) is 1.99. The highest BCUT2D eigenvalue weighted by atomic mass is 16.5. The van der Waals surface area contributed by atoms with Crippen molar-refractivity contribution in [2.75, 3.05) is 19.5 Å². The zero-order chi connectivity index (χ0) is 15.2. The summed E-state index contributed by atoms with van der Waals surface area (Å²) in [5, 5.41) is 6.97. The number of nitrogens with one attached hydrogen (secondary N) is 1. The van der Waals surface area contributed by atoms with Gasteiger partial charge in [0.1, 0.15) is 11.5 Å². The Morgan fingerprint density at radius 1 is 1.29 bits per heavy atom. The molecule has 0 unspecified atom stereocenters. The van der Waals surface area contributed by atoms with Gasteiger partial charge in [-0.1, -0.05) is 0 Å². The van der Waals surface area contributed by atoms with Crippen molar-refractivity contribution in [3.8, 4) is 11.5 Å². The van der Waals surface area contributed by atoms with Gasteiger partial charge in [0.15, 0.2) is 0 Å². The SMILES string of the molecule is COc1cc(NC(=O)C[C@@H](C)n2cccn2)cc(OC)c1. The molecule has 0 saturated heterocycles. The number of anilines is 1. The molecule has 0 bridgehead atoms. The molecule has 0 aliphatic heterocycles. The van der Waals surface area contributed by atoms with Crippen LogP contribution in [-0.4, -0.2) is 29.9 Å². The van der Waals surface area contributed by atoms with Crippen LogP contribution in [0.15, 0.2) is 36.7 Å². The average molecular weight is 289 g/mol. The van der Waals surface area contributed by atoms with E-state index < -0.39 is 0 Å². The van der Waals surface area contributed by atoms with Gasteiger partial charge in [0, 0.05) is 42.7 Å². The molecule has 0 spiro atoms. The predicted octanol–water partition coefficient (Wildman–Crippen LogP) is 2.49. The quantitative estimate of drug-likeness (QED) is 0.887. The maximum atomic E-state index is 12.1. The second-order valence-corrected chi connectivity index (χ2v) is 4.69. The number of hydrogen-bond donors (Lipinski definition) is 1. The van der Waals surface area contributed by atoms with Gasteiger partial charge in [0.05, 0.1) is 20.3 Å². The summed E-state index contributed by atoms with van der Waals surface area (Å²) in [4.78, 5) is 12.1. The Kier molecular flexibility index (Phi) is 4.81. The van der Waals surface area contributed by atoms with E-state index in [1.807, 2.05) is 19.2 Å². The van der Waals surface area contributed by atoms with Crippen molar-refractivity contribution in [3.63, 3.8) is 0 Å². The Morgan fingerprint density at radius 2 is 1.95 bits per heavy atom. The number of benzene rings is 1. The van der Waals surface area contributed by atoms with Crippen LogP contribution in [0.1, 0.15) is 19.4 Å². The van der Waals surface area contributed by atoms with Crippen molar-refractivity contribution >= 4 is 11.6 Å². The number of carbonyl (C=O) groups excluding carboxylic acids is 1. The molecule has 21 heavy (non-hydrogen) atoms. The zero-order valence-electron chi connectivity index (χ0n) is 12.4. The van der Waals surface area contributed by atoms with Gasteiger partial charge in [-0.3, -0.25) is 9.48 Å². The third kappa shape index (κ3) is 3.98. The first-order valence-corrected chi connectivity index (χ1v) is 6.64. The van der Waals surface area contributed by atoms with Crippen LogP contribution in [0.25, 0.3) is 0 Å². The summed E-state index contributed by atoms with van der Waals surface area (Å²) in [6, 6.07) is 7.08. The number of methoxy groups -OCH3 is 2. The minimum absolute atomic E-state index is 0.00694. The Labute approximate surface area is 123 Å². The molecule has 6 nitrogen and oxygen atoms in total. The minimum atomic E-state index is -0.0895. The van der Waals surface area contributed by atoms with Crippen molar-refractivity contribution in [3.05, 3.63) is 36.7 Å². The third-order valence-corrected chi connectivity index (χ3v) is 3.09. The van der Waals surface area contributed by atoms with Gasteiger partial charge in [0.25, 0.3) is 0 Å². The van der Waals surface area contributed by atoms with Gasteiger partial charge in [0.2, 0.25) is 5.91 Å². The van der Waals surface area contributed by atoms with Gasteiger partial charge >= 0.3 is 0 Å². The van der Waals surface area contributed by atoms with Gasteiger partial charge < -0.3 is 14.8 Å². The van der Waals surface area contributed by atoms with E-state index in [2.05, 4.69) is 10.4 Å². The largest absolute Gasteiger partial charge is 0.497 e. The molecule has 0 radical (unpaired) electrons. The van der Waals surface area contributed by atoms with Gasteiger partial charge in [-0.25, -0.2) is 0 Å². The highest BCUT2D eigenvalue weighted by Gasteiger charge is 2.12. The van der Waals surface area contributed by atoms with Crippen LogP contribution in [0.2, 0.25) is 0 Å². The van der Waals surface area contributed by atoms with E-state index in [-0.39, 0.29) is 11.9 Å². The molecule has 2 rings (SSSR count). The molecular weight excluding hydrogens is 270 g/mol. The summed E-state index contributed by atoms with van der Waals surface area (Å²) in [6.07, 6.45) is 3.87. The molecule has 1 atom stereocenters. The summed E-state index contributed by atoms with van der Waals surface area (Å²) in [6.45, 7) is 1.94. The van der Waals surface area contributed by atoms with Gasteiger partial charge in [-0.05, 0) is 13.0 Å². The van der Waals surface area contributed by atoms with E-state index in [9.17, 15) is 4.79 Å². The van der Waals surface area contributed by atoms with Crippen molar-refractivity contribution < 1.29 is 14.3 Å². The summed E-state index contributed by atoms with van der Waals surface area (Å²) < 4.78 is 12.1. The number of amides is 1. The van der Waals surface area contributed by atoms with Gasteiger partial charge in [-0.15, -0.1) is 0 Å². The first-order valence-electron chi connectivity index (χ1n) is 6.64. The number of rotatable bonds is 6. The minimum Gasteiger partial charge on any atom is -0.497 e. The van der Waals surface area contributed by atoms with Crippen LogP contribution < -0.4 is 14.8 Å². The molecule has 1 N–H and O–H groups in total. The molecule has 1 aromatic carbocycles. The average Bonchev–Trinajstić information content (AvgIpc) is 3.00. The lowest BCUT2D eigenvalue weighted by molar-refractivity contribution is -0.116. The number of hydrogen-bond acceptors (Lipinski definition) is 4. The van der Waals surface area contributed by atoms with E-state index >= 15 is 0 Å². The molecule has 1 aromatic heterocycles. The van der Waals surface area contributed by atoms with Crippen molar-refractivity contribution in [2.24, 2.45) is 0 Å². The second kappa shape index (κ2) is 6.78. The Balaban J connectivity index is 2.02. The first-order chi connectivity index (χ1) is 10.1. The number of ether oxygens (including phenoxy) is 2. The zero-order valence-corrected chi connectivity index (χ0v) is 12.4. The van der Waals surface area contributed by atoms with Crippen molar-refractivity contribution in [1.82, 2.24) is 9.78 Å². The number of aromatic nitrogens is 2. The van der Waals surface area contributed by atoms with E-state index in [4.69, 9.17) is 9.47 Å². The van der Waals surface area contributed by atoms with Crippen LogP contribution in [0.5, 0.6) is 11.5 Å². The third-order valence-electron chi connectivity index (χ3n) is 3.09. The summed E-state index contributed by atoms with van der Waals surface area (Å²) >= 11 is 0. The predicted molar refractivity (Wildman–Crippen MR) is 79.7 cm³/mol. The Hall–Kier alpha value is -2.50. The molecule has 0 aliphatic rings. The van der Waals surface area contributed by atoms with E-state index in [0.717, 1.165) is 0 Å². The lowest BCUT2D eigenvalue weighted by Gasteiger charge is -2.13. The first kappa shape index (κ1) is 14.9. The lowest BCUT2D eigenvalue weighted by Crippen LogP contribution is -2.17. The lowest BCUT2D eigenvalue weighted by atomic mass is 10.2. The smallest absolute Gasteiger partial charge is 0.226 e. The maximum Gasteiger partial charge on any atom is 0.226 e. The molecule has 0 aliphatic carbocycles. The monoisotopic (exact) mass is 289 g/mol. The molecule has 112 valence electrons. The van der Waals surface area contributed by atoms with Crippen LogP contribution in [0, 0.1) is 0 Å². The highest BCUT2D eigenvalue weighted by Crippen LogP contribution is 2.26. The van der Waals surface area contributed by atoms with Crippen LogP contribution in [0.3, 0.4) is 0 Å². The maximum absolute atomic E-state index is 12.1. The topological polar surface area (TPSA) is 65.4 Å². The fraction of sp³-hybridized carbons (Fsp3) is 0.333. The molecule has 6 heteroatoms. The second-order valence-electron chi connectivity index (χ2n) is 4.69. The molecule has 0 fully saturated rings. The number of nitrogens with zero attached hydrogens (tertiary/aromatic N) is 2. The van der Waals surface area contributed by atoms with Crippen LogP contribution in [-0.2, 0) is 4.79 Å². The van der Waals surface area contributed by atoms with Crippen LogP contribution in [0.4, 0.5) is 5.69 Å². The number of carbonyl (C=O) groups is 1. The Morgan fingerprint density at radius 3 is 2.48 bits per heavy atom. The fourth-order valence-corrected chi connectivity index (χ4v) is 1.99. The molecule has 1 heterocycles. The molecule has 0 saturated carbocycles. The van der Waals surface area contributed by atoms with E-state index in [1.165, 1.54) is 0 Å². The molecule has 2 aromatic rings. The normalized spacial score (nSPS) is 11.8. The summed E-state index contributed by atoms with van der Waals surface area (Å²) in [5.74, 6) is 1.17. The van der Waals surface area contributed by atoms with E-state index in [0.29, 0.717) is 23.6 Å².